The molecule has 0 spiro atoms. The summed E-state index contributed by atoms with van der Waals surface area (Å²) in [5.41, 5.74) is 6.25. The number of carbonyl (C=O) groups is 1. The van der Waals surface area contributed by atoms with Crippen LogP contribution in [0, 0.1) is 0 Å². The van der Waals surface area contributed by atoms with Crippen LogP contribution in [0.4, 0.5) is 5.69 Å². The molecular formula is C10H18N4O2. The van der Waals surface area contributed by atoms with Gasteiger partial charge < -0.3 is 15.8 Å². The van der Waals surface area contributed by atoms with Crippen molar-refractivity contribution in [3.63, 3.8) is 0 Å². The number of nitrogens with two attached hydrogens (primary N) is 1. The van der Waals surface area contributed by atoms with Crippen molar-refractivity contribution >= 4 is 11.6 Å². The highest BCUT2D eigenvalue weighted by Crippen LogP contribution is 2.05. The Balaban J connectivity index is 2.48. The zero-order chi connectivity index (χ0) is 12.0. The van der Waals surface area contributed by atoms with Gasteiger partial charge in [0.15, 0.2) is 0 Å². The van der Waals surface area contributed by atoms with Gasteiger partial charge in [-0.05, 0) is 6.42 Å². The van der Waals surface area contributed by atoms with Gasteiger partial charge in [0, 0.05) is 13.3 Å². The third-order valence-electron chi connectivity index (χ3n) is 2.20. The summed E-state index contributed by atoms with van der Waals surface area (Å²) in [6.45, 7) is 3.11. The maximum absolute atomic E-state index is 11.5. The molecule has 1 atom stereocenters. The zero-order valence-corrected chi connectivity index (χ0v) is 9.64. The van der Waals surface area contributed by atoms with E-state index in [2.05, 4.69) is 10.4 Å². The minimum Gasteiger partial charge on any atom is -0.383 e. The number of hydrogen-bond donors (Lipinski definition) is 2. The summed E-state index contributed by atoms with van der Waals surface area (Å²) in [5, 5.41) is 6.77. The van der Waals surface area contributed by atoms with Crippen LogP contribution >= 0.6 is 0 Å². The standard InChI is InChI=1S/C10H18N4O2/c1-3-9(11)10(15)13-8-6-12-14(7-8)4-5-16-2/h6-7,9H,3-5,11H2,1-2H3,(H,13,15). The van der Waals surface area contributed by atoms with Crippen LogP contribution in [0.15, 0.2) is 12.4 Å². The number of rotatable bonds is 6. The molecule has 0 saturated carbocycles. The summed E-state index contributed by atoms with van der Waals surface area (Å²) in [6, 6.07) is -0.470. The van der Waals surface area contributed by atoms with E-state index >= 15 is 0 Å². The third kappa shape index (κ3) is 3.63. The molecule has 1 aromatic heterocycles. The van der Waals surface area contributed by atoms with Crippen LogP contribution in [0.25, 0.3) is 0 Å². The van der Waals surface area contributed by atoms with Crippen molar-refractivity contribution in [3.05, 3.63) is 12.4 Å². The van der Waals surface area contributed by atoms with Gasteiger partial charge in [-0.2, -0.15) is 5.10 Å². The minimum atomic E-state index is -0.470. The molecule has 0 aliphatic rings. The van der Waals surface area contributed by atoms with Crippen molar-refractivity contribution in [3.8, 4) is 0 Å². The van der Waals surface area contributed by atoms with Gasteiger partial charge in [0.2, 0.25) is 5.91 Å². The SMILES string of the molecule is CCC(N)C(=O)Nc1cnn(CCOC)c1. The van der Waals surface area contributed by atoms with Gasteiger partial charge in [0.1, 0.15) is 0 Å². The van der Waals surface area contributed by atoms with E-state index in [0.29, 0.717) is 25.3 Å². The van der Waals surface area contributed by atoms with Crippen LogP contribution in [-0.2, 0) is 16.1 Å². The van der Waals surface area contributed by atoms with Crippen molar-refractivity contribution in [2.45, 2.75) is 25.9 Å². The molecule has 0 saturated heterocycles. The second-order valence-electron chi connectivity index (χ2n) is 3.49. The van der Waals surface area contributed by atoms with Gasteiger partial charge in [-0.15, -0.1) is 0 Å². The van der Waals surface area contributed by atoms with Crippen LogP contribution in [-0.4, -0.2) is 35.4 Å². The minimum absolute atomic E-state index is 0.186. The Morgan fingerprint density at radius 3 is 3.12 bits per heavy atom. The number of ether oxygens (including phenoxy) is 1. The molecule has 0 radical (unpaired) electrons. The molecule has 1 amide bonds. The summed E-state index contributed by atoms with van der Waals surface area (Å²) in [5.74, 6) is -0.186. The molecule has 1 heterocycles. The number of hydrogen-bond acceptors (Lipinski definition) is 4. The number of nitrogens with zero attached hydrogens (tertiary/aromatic N) is 2. The smallest absolute Gasteiger partial charge is 0.241 e. The fraction of sp³-hybridized carbons (Fsp3) is 0.600. The summed E-state index contributed by atoms with van der Waals surface area (Å²) in [4.78, 5) is 11.5. The maximum Gasteiger partial charge on any atom is 0.241 e. The lowest BCUT2D eigenvalue weighted by atomic mass is 10.2. The van der Waals surface area contributed by atoms with Gasteiger partial charge in [0.05, 0.1) is 31.1 Å². The zero-order valence-electron chi connectivity index (χ0n) is 9.64. The van der Waals surface area contributed by atoms with E-state index in [4.69, 9.17) is 10.5 Å². The first-order valence-electron chi connectivity index (χ1n) is 5.25. The van der Waals surface area contributed by atoms with Gasteiger partial charge in [0.25, 0.3) is 0 Å². The molecule has 0 aliphatic heterocycles. The first-order valence-corrected chi connectivity index (χ1v) is 5.25. The number of nitrogens with one attached hydrogen (secondary N) is 1. The van der Waals surface area contributed by atoms with E-state index in [0.717, 1.165) is 0 Å². The van der Waals surface area contributed by atoms with Crippen LogP contribution in [0.2, 0.25) is 0 Å². The fourth-order valence-electron chi connectivity index (χ4n) is 1.16. The average Bonchev–Trinajstić information content (AvgIpc) is 2.72. The van der Waals surface area contributed by atoms with E-state index in [-0.39, 0.29) is 5.91 Å². The molecule has 90 valence electrons. The molecule has 0 aromatic carbocycles. The lowest BCUT2D eigenvalue weighted by Gasteiger charge is -2.07. The first kappa shape index (κ1) is 12.7. The Morgan fingerprint density at radius 1 is 1.75 bits per heavy atom. The second kappa shape index (κ2) is 6.24. The lowest BCUT2D eigenvalue weighted by Crippen LogP contribution is -2.34. The van der Waals surface area contributed by atoms with Crippen molar-refractivity contribution in [1.82, 2.24) is 9.78 Å². The normalized spacial score (nSPS) is 12.4. The van der Waals surface area contributed by atoms with Crippen LogP contribution < -0.4 is 11.1 Å². The lowest BCUT2D eigenvalue weighted by molar-refractivity contribution is -0.117. The Bertz CT molecular complexity index is 337. The van der Waals surface area contributed by atoms with Crippen LogP contribution in [0.1, 0.15) is 13.3 Å². The third-order valence-corrected chi connectivity index (χ3v) is 2.20. The molecule has 6 nitrogen and oxygen atoms in total. The Kier molecular flexibility index (Phi) is 4.94. The largest absolute Gasteiger partial charge is 0.383 e. The number of methoxy groups -OCH3 is 1. The first-order chi connectivity index (χ1) is 7.67. The van der Waals surface area contributed by atoms with Crippen molar-refractivity contribution < 1.29 is 9.53 Å². The molecule has 3 N–H and O–H groups in total. The highest BCUT2D eigenvalue weighted by Gasteiger charge is 2.11. The Hall–Kier alpha value is -1.40. The van der Waals surface area contributed by atoms with E-state index < -0.39 is 6.04 Å². The molecule has 0 bridgehead atoms. The predicted octanol–water partition coefficient (Wildman–Crippen LogP) is 0.205. The molecule has 0 fully saturated rings. The molecule has 1 rings (SSSR count). The van der Waals surface area contributed by atoms with Crippen LogP contribution in [0.5, 0.6) is 0 Å². The highest BCUT2D eigenvalue weighted by molar-refractivity contribution is 5.94. The molecular weight excluding hydrogens is 208 g/mol. The summed E-state index contributed by atoms with van der Waals surface area (Å²) < 4.78 is 6.63. The van der Waals surface area contributed by atoms with Gasteiger partial charge >= 0.3 is 0 Å². The van der Waals surface area contributed by atoms with Gasteiger partial charge in [-0.25, -0.2) is 0 Å². The van der Waals surface area contributed by atoms with E-state index in [1.165, 1.54) is 0 Å². The monoisotopic (exact) mass is 226 g/mol. The van der Waals surface area contributed by atoms with E-state index in [1.807, 2.05) is 6.92 Å². The second-order valence-corrected chi connectivity index (χ2v) is 3.49. The number of carbonyl (C=O) groups excluding carboxylic acids is 1. The van der Waals surface area contributed by atoms with Gasteiger partial charge in [-0.1, -0.05) is 6.92 Å². The molecule has 16 heavy (non-hydrogen) atoms. The van der Waals surface area contributed by atoms with Crippen LogP contribution in [0.3, 0.4) is 0 Å². The molecule has 6 heteroatoms. The number of aromatic nitrogens is 2. The topological polar surface area (TPSA) is 82.2 Å². The molecule has 1 aromatic rings. The van der Waals surface area contributed by atoms with E-state index in [9.17, 15) is 4.79 Å². The number of anilines is 1. The molecule has 1 unspecified atom stereocenters. The maximum atomic E-state index is 11.5. The molecule has 0 aliphatic carbocycles. The van der Waals surface area contributed by atoms with Gasteiger partial charge in [-0.3, -0.25) is 9.48 Å². The van der Waals surface area contributed by atoms with Crippen molar-refractivity contribution in [1.29, 1.82) is 0 Å². The quantitative estimate of drug-likeness (QED) is 0.726. The summed E-state index contributed by atoms with van der Waals surface area (Å²) in [7, 11) is 1.63. The van der Waals surface area contributed by atoms with E-state index in [1.54, 1.807) is 24.2 Å². The highest BCUT2D eigenvalue weighted by atomic mass is 16.5. The van der Waals surface area contributed by atoms with Crippen molar-refractivity contribution in [2.75, 3.05) is 19.0 Å². The average molecular weight is 226 g/mol. The Morgan fingerprint density at radius 2 is 2.50 bits per heavy atom. The van der Waals surface area contributed by atoms with Crippen molar-refractivity contribution in [2.24, 2.45) is 5.73 Å². The Labute approximate surface area is 94.8 Å². The fourth-order valence-corrected chi connectivity index (χ4v) is 1.16. The predicted molar refractivity (Wildman–Crippen MR) is 61.0 cm³/mol. The number of amides is 1. The summed E-state index contributed by atoms with van der Waals surface area (Å²) in [6.07, 6.45) is 3.96. The summed E-state index contributed by atoms with van der Waals surface area (Å²) >= 11 is 0.